The lowest BCUT2D eigenvalue weighted by molar-refractivity contribution is 0.0527. The van der Waals surface area contributed by atoms with Gasteiger partial charge in [-0.3, -0.25) is 4.79 Å². The molecule has 0 atom stereocenters. The molecule has 2 aromatic rings. The predicted octanol–water partition coefficient (Wildman–Crippen LogP) is 4.00. The SMILES string of the molecule is CCOC(=O)c1c(NC(=O)c2ncc(Cl)c(Cl)c2Cl)sc2c1CCS(=O)(=O)C2. The quantitative estimate of drug-likeness (QED) is 0.659. The highest BCUT2D eigenvalue weighted by molar-refractivity contribution is 7.90. The number of hydrogen-bond acceptors (Lipinski definition) is 7. The minimum Gasteiger partial charge on any atom is -0.462 e. The van der Waals surface area contributed by atoms with Gasteiger partial charge in [0.25, 0.3) is 5.91 Å². The van der Waals surface area contributed by atoms with Crippen LogP contribution in [0.3, 0.4) is 0 Å². The van der Waals surface area contributed by atoms with Crippen molar-refractivity contribution in [3.05, 3.63) is 43.0 Å². The Balaban J connectivity index is 2.02. The Morgan fingerprint density at radius 3 is 2.68 bits per heavy atom. The highest BCUT2D eigenvalue weighted by atomic mass is 35.5. The first kappa shape index (κ1) is 21.3. The van der Waals surface area contributed by atoms with Crippen molar-refractivity contribution >= 4 is 72.9 Å². The first-order valence-electron chi connectivity index (χ1n) is 7.97. The fraction of sp³-hybridized carbons (Fsp3) is 0.312. The summed E-state index contributed by atoms with van der Waals surface area (Å²) in [5.74, 6) is -1.61. The number of halogens is 3. The summed E-state index contributed by atoms with van der Waals surface area (Å²) in [7, 11) is -3.26. The molecule has 0 radical (unpaired) electrons. The van der Waals surface area contributed by atoms with E-state index in [1.807, 2.05) is 0 Å². The van der Waals surface area contributed by atoms with Crippen LogP contribution >= 0.6 is 46.1 Å². The fourth-order valence-corrected chi connectivity index (χ4v) is 6.29. The number of thiophene rings is 1. The van der Waals surface area contributed by atoms with Gasteiger partial charge in [0.15, 0.2) is 9.84 Å². The molecule has 3 heterocycles. The van der Waals surface area contributed by atoms with Crippen molar-refractivity contribution in [2.45, 2.75) is 19.1 Å². The molecule has 0 fully saturated rings. The van der Waals surface area contributed by atoms with E-state index in [0.29, 0.717) is 10.4 Å². The van der Waals surface area contributed by atoms with E-state index in [1.165, 1.54) is 6.20 Å². The molecule has 7 nitrogen and oxygen atoms in total. The first-order chi connectivity index (χ1) is 13.1. The number of nitrogens with one attached hydrogen (secondary N) is 1. The summed E-state index contributed by atoms with van der Waals surface area (Å²) in [6, 6.07) is 0. The summed E-state index contributed by atoms with van der Waals surface area (Å²) >= 11 is 18.8. The summed E-state index contributed by atoms with van der Waals surface area (Å²) in [5.41, 5.74) is 0.549. The number of ether oxygens (including phenoxy) is 1. The van der Waals surface area contributed by atoms with E-state index in [1.54, 1.807) is 6.92 Å². The van der Waals surface area contributed by atoms with Crippen LogP contribution < -0.4 is 5.32 Å². The zero-order valence-corrected chi connectivity index (χ0v) is 18.2. The number of aromatic nitrogens is 1. The summed E-state index contributed by atoms with van der Waals surface area (Å²) in [5, 5.41) is 2.69. The number of hydrogen-bond donors (Lipinski definition) is 1. The van der Waals surface area contributed by atoms with Gasteiger partial charge < -0.3 is 10.1 Å². The predicted molar refractivity (Wildman–Crippen MR) is 109 cm³/mol. The van der Waals surface area contributed by atoms with E-state index in [-0.39, 0.29) is 55.9 Å². The van der Waals surface area contributed by atoms with E-state index in [4.69, 9.17) is 39.5 Å². The number of esters is 1. The summed E-state index contributed by atoms with van der Waals surface area (Å²) in [4.78, 5) is 29.5. The fourth-order valence-electron chi connectivity index (χ4n) is 2.69. The van der Waals surface area contributed by atoms with Crippen LogP contribution in [-0.2, 0) is 26.7 Å². The summed E-state index contributed by atoms with van der Waals surface area (Å²) < 4.78 is 28.9. The van der Waals surface area contributed by atoms with Crippen LogP contribution in [0.5, 0.6) is 0 Å². The minimum absolute atomic E-state index is 0.0225. The number of nitrogens with zero attached hydrogens (tertiary/aromatic N) is 1. The Kier molecular flexibility index (Phi) is 6.21. The molecule has 1 aliphatic heterocycles. The van der Waals surface area contributed by atoms with Crippen molar-refractivity contribution in [3.63, 3.8) is 0 Å². The second-order valence-corrected chi connectivity index (χ2v) is 10.3. The molecular formula is C16H13Cl3N2O5S2. The average Bonchev–Trinajstić information content (AvgIpc) is 2.95. The molecule has 12 heteroatoms. The van der Waals surface area contributed by atoms with Crippen molar-refractivity contribution < 1.29 is 22.7 Å². The van der Waals surface area contributed by atoms with E-state index in [0.717, 1.165) is 11.3 Å². The Labute approximate surface area is 179 Å². The number of carbonyl (C=O) groups is 2. The molecule has 1 aliphatic rings. The Hall–Kier alpha value is -1.39. The third-order valence-corrected chi connectivity index (χ3v) is 8.07. The maximum atomic E-state index is 12.6. The largest absolute Gasteiger partial charge is 0.462 e. The van der Waals surface area contributed by atoms with Gasteiger partial charge in [-0.25, -0.2) is 18.2 Å². The highest BCUT2D eigenvalue weighted by Crippen LogP contribution is 2.39. The van der Waals surface area contributed by atoms with Crippen molar-refractivity contribution in [2.24, 2.45) is 0 Å². The third-order valence-electron chi connectivity index (χ3n) is 3.94. The van der Waals surface area contributed by atoms with Crippen LogP contribution in [0.4, 0.5) is 5.00 Å². The van der Waals surface area contributed by atoms with Crippen LogP contribution in [-0.4, -0.2) is 37.6 Å². The second-order valence-electron chi connectivity index (χ2n) is 5.81. The molecule has 2 aromatic heterocycles. The normalized spacial score (nSPS) is 15.0. The number of fused-ring (bicyclic) bond motifs is 1. The number of pyridine rings is 1. The van der Waals surface area contributed by atoms with Crippen LogP contribution in [0.25, 0.3) is 0 Å². The number of carbonyl (C=O) groups excluding carboxylic acids is 2. The summed E-state index contributed by atoms with van der Waals surface area (Å²) in [6.07, 6.45) is 1.35. The van der Waals surface area contributed by atoms with Crippen LogP contribution in [0, 0.1) is 0 Å². The molecular weight excluding hydrogens is 471 g/mol. The smallest absolute Gasteiger partial charge is 0.341 e. The van der Waals surface area contributed by atoms with Crippen molar-refractivity contribution in [3.8, 4) is 0 Å². The number of anilines is 1. The molecule has 150 valence electrons. The number of amides is 1. The molecule has 1 amide bonds. The molecule has 0 unspecified atom stereocenters. The highest BCUT2D eigenvalue weighted by Gasteiger charge is 2.32. The number of rotatable bonds is 4. The second kappa shape index (κ2) is 8.16. The lowest BCUT2D eigenvalue weighted by Crippen LogP contribution is -2.20. The van der Waals surface area contributed by atoms with Gasteiger partial charge in [0.1, 0.15) is 10.7 Å². The monoisotopic (exact) mass is 482 g/mol. The van der Waals surface area contributed by atoms with E-state index >= 15 is 0 Å². The molecule has 0 aliphatic carbocycles. The Morgan fingerprint density at radius 2 is 2.00 bits per heavy atom. The molecule has 0 saturated carbocycles. The van der Waals surface area contributed by atoms with Gasteiger partial charge in [0.05, 0.1) is 38.7 Å². The molecule has 0 bridgehead atoms. The number of sulfone groups is 1. The van der Waals surface area contributed by atoms with Gasteiger partial charge in [-0.2, -0.15) is 0 Å². The zero-order chi connectivity index (χ0) is 20.6. The summed E-state index contributed by atoms with van der Waals surface area (Å²) in [6.45, 7) is 1.79. The van der Waals surface area contributed by atoms with E-state index < -0.39 is 21.7 Å². The van der Waals surface area contributed by atoms with Crippen molar-refractivity contribution in [1.29, 1.82) is 0 Å². The lowest BCUT2D eigenvalue weighted by atomic mass is 10.1. The van der Waals surface area contributed by atoms with Gasteiger partial charge in [-0.1, -0.05) is 34.8 Å². The van der Waals surface area contributed by atoms with Crippen LogP contribution in [0.2, 0.25) is 15.1 Å². The van der Waals surface area contributed by atoms with Gasteiger partial charge in [-0.05, 0) is 18.9 Å². The van der Waals surface area contributed by atoms with Gasteiger partial charge in [0.2, 0.25) is 0 Å². The van der Waals surface area contributed by atoms with Crippen molar-refractivity contribution in [2.75, 3.05) is 17.7 Å². The van der Waals surface area contributed by atoms with Crippen LogP contribution in [0.15, 0.2) is 6.20 Å². The molecule has 0 aromatic carbocycles. The Bertz CT molecular complexity index is 1080. The molecule has 0 saturated heterocycles. The van der Waals surface area contributed by atoms with E-state index in [2.05, 4.69) is 10.3 Å². The maximum absolute atomic E-state index is 12.6. The maximum Gasteiger partial charge on any atom is 0.341 e. The zero-order valence-electron chi connectivity index (χ0n) is 14.3. The van der Waals surface area contributed by atoms with Gasteiger partial charge >= 0.3 is 5.97 Å². The lowest BCUT2D eigenvalue weighted by Gasteiger charge is -2.13. The standard InChI is InChI=1S/C16H13Cl3N2O5S2/c1-2-26-16(23)10-7-3-4-28(24,25)6-9(7)27-15(10)21-14(22)13-12(19)11(18)8(17)5-20-13/h5H,2-4,6H2,1H3,(H,21,22). The molecule has 28 heavy (non-hydrogen) atoms. The molecule has 3 rings (SSSR count). The first-order valence-corrected chi connectivity index (χ1v) is 11.7. The van der Waals surface area contributed by atoms with Gasteiger partial charge in [0, 0.05) is 11.1 Å². The minimum atomic E-state index is -3.26. The van der Waals surface area contributed by atoms with Crippen LogP contribution in [0.1, 0.15) is 38.2 Å². The third kappa shape index (κ3) is 4.13. The Morgan fingerprint density at radius 1 is 1.29 bits per heavy atom. The molecule has 1 N–H and O–H groups in total. The molecule has 0 spiro atoms. The topological polar surface area (TPSA) is 102 Å². The van der Waals surface area contributed by atoms with Gasteiger partial charge in [-0.15, -0.1) is 11.3 Å². The van der Waals surface area contributed by atoms with Crippen molar-refractivity contribution in [1.82, 2.24) is 4.98 Å². The average molecular weight is 484 g/mol. The van der Waals surface area contributed by atoms with E-state index in [9.17, 15) is 18.0 Å².